The quantitative estimate of drug-likeness (QED) is 0.601. The van der Waals surface area contributed by atoms with E-state index in [0.717, 1.165) is 35.2 Å². The lowest BCUT2D eigenvalue weighted by Crippen LogP contribution is -2.58. The molecule has 1 heterocycles. The Labute approximate surface area is 196 Å². The van der Waals surface area contributed by atoms with Crippen molar-refractivity contribution in [1.82, 2.24) is 10.6 Å². The van der Waals surface area contributed by atoms with Gasteiger partial charge in [0.2, 0.25) is 5.91 Å². The van der Waals surface area contributed by atoms with Crippen LogP contribution in [-0.4, -0.2) is 42.2 Å². The molecule has 176 valence electrons. The Hall–Kier alpha value is -2.70. The number of nitrogens with zero attached hydrogens (tertiary/aromatic N) is 1. The zero-order chi connectivity index (χ0) is 23.6. The molecule has 2 amide bonds. The van der Waals surface area contributed by atoms with Gasteiger partial charge in [-0.05, 0) is 42.4 Å². The first-order chi connectivity index (χ1) is 15.8. The van der Waals surface area contributed by atoms with Crippen LogP contribution in [0.25, 0.3) is 11.1 Å². The van der Waals surface area contributed by atoms with Crippen LogP contribution in [0.4, 0.5) is 5.69 Å². The minimum atomic E-state index is -0.772. The van der Waals surface area contributed by atoms with Crippen LogP contribution in [0.5, 0.6) is 0 Å². The lowest BCUT2D eigenvalue weighted by atomic mass is 9.92. The SMILES string of the molecule is CC(C)C[C@H](O)CNC1(C(=O)NC2C(=O)N(C)c3ccccc3-c3ccccc32)CCCC1. The maximum Gasteiger partial charge on any atom is 0.253 e. The van der Waals surface area contributed by atoms with E-state index in [1.54, 1.807) is 11.9 Å². The summed E-state index contributed by atoms with van der Waals surface area (Å²) in [7, 11) is 1.76. The first-order valence-corrected chi connectivity index (χ1v) is 12.0. The van der Waals surface area contributed by atoms with E-state index in [1.165, 1.54) is 0 Å². The van der Waals surface area contributed by atoms with Gasteiger partial charge in [-0.1, -0.05) is 69.2 Å². The third-order valence-electron chi connectivity index (χ3n) is 6.99. The highest BCUT2D eigenvalue weighted by Gasteiger charge is 2.43. The number of hydrogen-bond acceptors (Lipinski definition) is 4. The molecule has 2 atom stereocenters. The molecule has 0 bridgehead atoms. The topological polar surface area (TPSA) is 81.7 Å². The summed E-state index contributed by atoms with van der Waals surface area (Å²) in [5.41, 5.74) is 2.81. The van der Waals surface area contributed by atoms with Crippen LogP contribution in [0.2, 0.25) is 0 Å². The summed E-state index contributed by atoms with van der Waals surface area (Å²) in [5.74, 6) is 0.0606. The van der Waals surface area contributed by atoms with Gasteiger partial charge >= 0.3 is 0 Å². The molecule has 2 aromatic carbocycles. The van der Waals surface area contributed by atoms with Gasteiger partial charge in [-0.25, -0.2) is 0 Å². The molecule has 1 aliphatic carbocycles. The second-order valence-corrected chi connectivity index (χ2v) is 9.86. The molecule has 2 aromatic rings. The number of hydrogen-bond donors (Lipinski definition) is 3. The van der Waals surface area contributed by atoms with E-state index < -0.39 is 17.7 Å². The van der Waals surface area contributed by atoms with Crippen molar-refractivity contribution in [2.75, 3.05) is 18.5 Å². The number of anilines is 1. The predicted molar refractivity (Wildman–Crippen MR) is 131 cm³/mol. The summed E-state index contributed by atoms with van der Waals surface area (Å²) in [4.78, 5) is 28.9. The standard InChI is InChI=1S/C27H35N3O3/c1-18(2)16-19(31)17-28-27(14-8-9-15-27)26(33)29-24-22-12-5-4-10-20(22)21-11-6-7-13-23(21)30(3)25(24)32/h4-7,10-13,18-19,24,28,31H,8-9,14-17H2,1-3H3,(H,29,33)/t19-,24?/m0/s1. The van der Waals surface area contributed by atoms with E-state index in [4.69, 9.17) is 0 Å². The first kappa shape index (κ1) is 23.5. The molecule has 1 fully saturated rings. The molecular weight excluding hydrogens is 414 g/mol. The predicted octanol–water partition coefficient (Wildman–Crippen LogP) is 3.80. The molecule has 1 aliphatic heterocycles. The summed E-state index contributed by atoms with van der Waals surface area (Å²) in [5, 5.41) is 16.9. The molecule has 1 unspecified atom stereocenters. The van der Waals surface area contributed by atoms with Crippen molar-refractivity contribution in [3.05, 3.63) is 54.1 Å². The largest absolute Gasteiger partial charge is 0.392 e. The average Bonchev–Trinajstić information content (AvgIpc) is 3.27. The zero-order valence-corrected chi connectivity index (χ0v) is 19.8. The summed E-state index contributed by atoms with van der Waals surface area (Å²) < 4.78 is 0. The summed E-state index contributed by atoms with van der Waals surface area (Å²) in [6.07, 6.45) is 3.47. The van der Waals surface area contributed by atoms with E-state index in [-0.39, 0.29) is 11.8 Å². The van der Waals surface area contributed by atoms with Gasteiger partial charge < -0.3 is 20.6 Å². The number of amides is 2. The highest BCUT2D eigenvalue weighted by atomic mass is 16.3. The van der Waals surface area contributed by atoms with Crippen LogP contribution in [-0.2, 0) is 9.59 Å². The van der Waals surface area contributed by atoms with Crippen molar-refractivity contribution >= 4 is 17.5 Å². The van der Waals surface area contributed by atoms with Gasteiger partial charge in [0.1, 0.15) is 6.04 Å². The van der Waals surface area contributed by atoms with E-state index in [2.05, 4.69) is 24.5 Å². The maximum atomic E-state index is 13.7. The van der Waals surface area contributed by atoms with Crippen LogP contribution in [0, 0.1) is 5.92 Å². The highest BCUT2D eigenvalue weighted by molar-refractivity contribution is 6.06. The fourth-order valence-electron chi connectivity index (χ4n) is 5.25. The number of benzene rings is 2. The van der Waals surface area contributed by atoms with Crippen molar-refractivity contribution in [3.8, 4) is 11.1 Å². The minimum Gasteiger partial charge on any atom is -0.392 e. The lowest BCUT2D eigenvalue weighted by molar-refractivity contribution is -0.132. The van der Waals surface area contributed by atoms with Crippen molar-refractivity contribution in [1.29, 1.82) is 0 Å². The number of para-hydroxylation sites is 1. The Kier molecular flexibility index (Phi) is 6.86. The fourth-order valence-corrected chi connectivity index (χ4v) is 5.25. The number of rotatable bonds is 7. The molecule has 0 aromatic heterocycles. The van der Waals surface area contributed by atoms with Gasteiger partial charge in [0.15, 0.2) is 0 Å². The van der Waals surface area contributed by atoms with Crippen LogP contribution in [0.3, 0.4) is 0 Å². The van der Waals surface area contributed by atoms with Crippen LogP contribution >= 0.6 is 0 Å². The van der Waals surface area contributed by atoms with E-state index in [9.17, 15) is 14.7 Å². The number of aliphatic hydroxyl groups excluding tert-OH is 1. The third-order valence-corrected chi connectivity index (χ3v) is 6.99. The highest BCUT2D eigenvalue weighted by Crippen LogP contribution is 2.40. The van der Waals surface area contributed by atoms with Crippen molar-refractivity contribution < 1.29 is 14.7 Å². The van der Waals surface area contributed by atoms with Crippen LogP contribution in [0.15, 0.2) is 48.5 Å². The number of aliphatic hydroxyl groups is 1. The number of carbonyl (C=O) groups excluding carboxylic acids is 2. The van der Waals surface area contributed by atoms with Crippen LogP contribution < -0.4 is 15.5 Å². The van der Waals surface area contributed by atoms with E-state index in [0.29, 0.717) is 31.7 Å². The maximum absolute atomic E-state index is 13.7. The zero-order valence-electron chi connectivity index (χ0n) is 19.8. The second-order valence-electron chi connectivity index (χ2n) is 9.86. The molecule has 0 spiro atoms. The first-order valence-electron chi connectivity index (χ1n) is 12.0. The molecule has 2 aliphatic rings. The van der Waals surface area contributed by atoms with Gasteiger partial charge in [-0.2, -0.15) is 0 Å². The van der Waals surface area contributed by atoms with Crippen molar-refractivity contribution in [3.63, 3.8) is 0 Å². The molecule has 3 N–H and O–H groups in total. The van der Waals surface area contributed by atoms with Crippen molar-refractivity contribution in [2.45, 2.75) is 63.6 Å². The molecule has 4 rings (SSSR count). The third kappa shape index (κ3) is 4.68. The van der Waals surface area contributed by atoms with E-state index in [1.807, 2.05) is 48.5 Å². The molecule has 0 radical (unpaired) electrons. The molecule has 1 saturated carbocycles. The van der Waals surface area contributed by atoms with Crippen molar-refractivity contribution in [2.24, 2.45) is 5.92 Å². The minimum absolute atomic E-state index is 0.159. The summed E-state index contributed by atoms with van der Waals surface area (Å²) >= 11 is 0. The number of likely N-dealkylation sites (N-methyl/N-ethyl adjacent to an activating group) is 1. The summed E-state index contributed by atoms with van der Waals surface area (Å²) in [6.45, 7) is 4.52. The Balaban J connectivity index is 1.62. The smallest absolute Gasteiger partial charge is 0.253 e. The van der Waals surface area contributed by atoms with Gasteiger partial charge in [-0.3, -0.25) is 9.59 Å². The molecular formula is C27H35N3O3. The number of carbonyl (C=O) groups is 2. The van der Waals surface area contributed by atoms with Crippen LogP contribution in [0.1, 0.15) is 57.6 Å². The van der Waals surface area contributed by atoms with E-state index >= 15 is 0 Å². The average molecular weight is 450 g/mol. The molecule has 0 saturated heterocycles. The number of nitrogens with one attached hydrogen (secondary N) is 2. The van der Waals surface area contributed by atoms with Gasteiger partial charge in [-0.15, -0.1) is 0 Å². The Morgan fingerprint density at radius 1 is 1.09 bits per heavy atom. The summed E-state index contributed by atoms with van der Waals surface area (Å²) in [6, 6.07) is 14.9. The molecule has 6 nitrogen and oxygen atoms in total. The monoisotopic (exact) mass is 449 g/mol. The Morgan fingerprint density at radius 3 is 2.42 bits per heavy atom. The van der Waals surface area contributed by atoms with Gasteiger partial charge in [0, 0.05) is 19.2 Å². The number of fused-ring (bicyclic) bond motifs is 3. The Morgan fingerprint density at radius 2 is 1.73 bits per heavy atom. The van der Waals surface area contributed by atoms with Gasteiger partial charge in [0.05, 0.1) is 17.3 Å². The molecule has 6 heteroatoms. The number of β-amino-alcohol motifs (C(OH)–C–C–N with tert-alkyl or cyclic N) is 1. The molecule has 33 heavy (non-hydrogen) atoms. The lowest BCUT2D eigenvalue weighted by Gasteiger charge is -2.33. The van der Waals surface area contributed by atoms with Gasteiger partial charge in [0.25, 0.3) is 5.91 Å². The normalized spacial score (nSPS) is 20.2. The Bertz CT molecular complexity index is 1010. The fraction of sp³-hybridized carbons (Fsp3) is 0.481. The second kappa shape index (κ2) is 9.65.